The minimum Gasteiger partial charge on any atom is -0.488 e. The Morgan fingerprint density at radius 2 is 2.15 bits per heavy atom. The van der Waals surface area contributed by atoms with Crippen molar-refractivity contribution in [1.29, 1.82) is 0 Å². The van der Waals surface area contributed by atoms with E-state index >= 15 is 0 Å². The van der Waals surface area contributed by atoms with E-state index in [4.69, 9.17) is 4.74 Å². The van der Waals surface area contributed by atoms with Crippen molar-refractivity contribution in [2.45, 2.75) is 38.3 Å². The van der Waals surface area contributed by atoms with E-state index in [1.165, 1.54) is 12.8 Å². The molecule has 3 heterocycles. The number of carbonyl (C=O) groups is 1. The van der Waals surface area contributed by atoms with E-state index < -0.39 is 0 Å². The number of carbonyl (C=O) groups excluding carboxylic acids is 1. The van der Waals surface area contributed by atoms with Crippen LogP contribution in [-0.4, -0.2) is 33.1 Å². The van der Waals surface area contributed by atoms with Crippen LogP contribution in [0.3, 0.4) is 0 Å². The van der Waals surface area contributed by atoms with Crippen LogP contribution in [0.1, 0.15) is 32.2 Å². The maximum absolute atomic E-state index is 11.6. The highest BCUT2D eigenvalue weighted by Crippen LogP contribution is 2.41. The first-order valence-corrected chi connectivity index (χ1v) is 9.54. The van der Waals surface area contributed by atoms with Crippen molar-refractivity contribution in [3.05, 3.63) is 42.9 Å². The van der Waals surface area contributed by atoms with Crippen molar-refractivity contribution in [2.24, 2.45) is 5.92 Å². The molecule has 1 amide bonds. The number of aromatic nitrogens is 3. The van der Waals surface area contributed by atoms with Crippen molar-refractivity contribution >= 4 is 16.9 Å². The fourth-order valence-electron chi connectivity index (χ4n) is 3.79. The van der Waals surface area contributed by atoms with Crippen LogP contribution < -0.4 is 10.1 Å². The molecule has 5 rings (SSSR count). The van der Waals surface area contributed by atoms with E-state index in [-0.39, 0.29) is 17.9 Å². The monoisotopic (exact) mass is 362 g/mol. The van der Waals surface area contributed by atoms with Crippen LogP contribution >= 0.6 is 0 Å². The van der Waals surface area contributed by atoms with Crippen molar-refractivity contribution in [3.8, 4) is 17.0 Å². The fourth-order valence-corrected chi connectivity index (χ4v) is 3.79. The molecule has 2 aliphatic rings. The number of hydrogen-bond donors (Lipinski definition) is 1. The number of fused-ring (bicyclic) bond motifs is 1. The summed E-state index contributed by atoms with van der Waals surface area (Å²) in [6.07, 6.45) is 6.54. The predicted octanol–water partition coefficient (Wildman–Crippen LogP) is 3.34. The van der Waals surface area contributed by atoms with Crippen LogP contribution in [0.15, 0.2) is 42.9 Å². The molecule has 1 aliphatic carbocycles. The minimum atomic E-state index is -0.0614. The van der Waals surface area contributed by atoms with Gasteiger partial charge in [-0.1, -0.05) is 6.07 Å². The molecule has 1 aliphatic heterocycles. The van der Waals surface area contributed by atoms with Gasteiger partial charge < -0.3 is 14.6 Å². The van der Waals surface area contributed by atoms with Crippen LogP contribution in [0.2, 0.25) is 0 Å². The molecule has 2 fully saturated rings. The standard InChI is InChI=1S/C21H22N4O2/c1-13(15-10-20(26)23-11-15)27-19-9-14(17-4-2-3-7-22-17)8-18-21(19)25(12-24-18)16-5-6-16/h2-4,7-9,12-13,15-16H,5-6,10-11H2,1H3,(H,23,26)/t13-,15-/m1/s1. The summed E-state index contributed by atoms with van der Waals surface area (Å²) in [5.74, 6) is 1.11. The van der Waals surface area contributed by atoms with Crippen molar-refractivity contribution in [2.75, 3.05) is 6.54 Å². The number of benzene rings is 1. The third kappa shape index (κ3) is 3.05. The lowest BCUT2D eigenvalue weighted by molar-refractivity contribution is -0.119. The van der Waals surface area contributed by atoms with Gasteiger partial charge in [-0.05, 0) is 44.0 Å². The van der Waals surface area contributed by atoms with Gasteiger partial charge in [-0.3, -0.25) is 9.78 Å². The molecule has 0 bridgehead atoms. The smallest absolute Gasteiger partial charge is 0.220 e. The second kappa shape index (κ2) is 6.37. The normalized spacial score (nSPS) is 20.6. The molecule has 2 aromatic heterocycles. The maximum atomic E-state index is 11.6. The van der Waals surface area contributed by atoms with Crippen LogP contribution in [0, 0.1) is 5.92 Å². The summed E-state index contributed by atoms with van der Waals surface area (Å²) in [6, 6.07) is 10.5. The van der Waals surface area contributed by atoms with Crippen LogP contribution in [0.5, 0.6) is 5.75 Å². The number of imidazole rings is 1. The Labute approximate surface area is 157 Å². The molecule has 6 heteroatoms. The summed E-state index contributed by atoms with van der Waals surface area (Å²) in [5.41, 5.74) is 3.86. The molecule has 0 spiro atoms. The molecular formula is C21H22N4O2. The van der Waals surface area contributed by atoms with E-state index in [1.807, 2.05) is 31.5 Å². The summed E-state index contributed by atoms with van der Waals surface area (Å²) in [7, 11) is 0. The van der Waals surface area contributed by atoms with Gasteiger partial charge >= 0.3 is 0 Å². The first kappa shape index (κ1) is 16.3. The Balaban J connectivity index is 1.57. The number of nitrogens with one attached hydrogen (secondary N) is 1. The number of ether oxygens (including phenoxy) is 1. The Hall–Kier alpha value is -2.89. The second-order valence-corrected chi connectivity index (χ2v) is 7.53. The highest BCUT2D eigenvalue weighted by molar-refractivity contribution is 5.87. The second-order valence-electron chi connectivity index (χ2n) is 7.53. The van der Waals surface area contributed by atoms with Crippen molar-refractivity contribution in [3.63, 3.8) is 0 Å². The summed E-state index contributed by atoms with van der Waals surface area (Å²) in [6.45, 7) is 2.72. The van der Waals surface area contributed by atoms with Gasteiger partial charge in [0, 0.05) is 36.7 Å². The molecule has 0 radical (unpaired) electrons. The minimum absolute atomic E-state index is 0.0614. The zero-order valence-electron chi connectivity index (χ0n) is 15.3. The molecule has 1 saturated carbocycles. The third-order valence-corrected chi connectivity index (χ3v) is 5.52. The zero-order valence-corrected chi connectivity index (χ0v) is 15.3. The summed E-state index contributed by atoms with van der Waals surface area (Å²) < 4.78 is 8.65. The van der Waals surface area contributed by atoms with Gasteiger partial charge in [-0.15, -0.1) is 0 Å². The molecule has 1 aromatic carbocycles. The van der Waals surface area contributed by atoms with Gasteiger partial charge in [0.1, 0.15) is 17.4 Å². The summed E-state index contributed by atoms with van der Waals surface area (Å²) >= 11 is 0. The van der Waals surface area contributed by atoms with E-state index in [1.54, 1.807) is 6.20 Å². The molecule has 2 atom stereocenters. The van der Waals surface area contributed by atoms with Crippen LogP contribution in [-0.2, 0) is 4.79 Å². The SMILES string of the molecule is C[C@@H](Oc1cc(-c2ccccn2)cc2ncn(C3CC3)c12)[C@H]1CNC(=O)C1. The molecule has 1 saturated heterocycles. The predicted molar refractivity (Wildman–Crippen MR) is 102 cm³/mol. The maximum Gasteiger partial charge on any atom is 0.220 e. The molecule has 0 unspecified atom stereocenters. The van der Waals surface area contributed by atoms with Crippen LogP contribution in [0.4, 0.5) is 0 Å². The summed E-state index contributed by atoms with van der Waals surface area (Å²) in [4.78, 5) is 20.7. The lowest BCUT2D eigenvalue weighted by Crippen LogP contribution is -2.25. The first-order chi connectivity index (χ1) is 13.2. The van der Waals surface area contributed by atoms with Crippen molar-refractivity contribution in [1.82, 2.24) is 19.9 Å². The van der Waals surface area contributed by atoms with Crippen molar-refractivity contribution < 1.29 is 9.53 Å². The Morgan fingerprint density at radius 3 is 2.85 bits per heavy atom. The first-order valence-electron chi connectivity index (χ1n) is 9.54. The van der Waals surface area contributed by atoms with Gasteiger partial charge in [0.25, 0.3) is 0 Å². The van der Waals surface area contributed by atoms with Gasteiger partial charge in [0.2, 0.25) is 5.91 Å². The zero-order chi connectivity index (χ0) is 18.4. The molecular weight excluding hydrogens is 340 g/mol. The molecule has 138 valence electrons. The number of hydrogen-bond acceptors (Lipinski definition) is 4. The lowest BCUT2D eigenvalue weighted by Gasteiger charge is -2.21. The average Bonchev–Trinajstić information content (AvgIpc) is 3.28. The van der Waals surface area contributed by atoms with Gasteiger partial charge in [-0.2, -0.15) is 0 Å². The third-order valence-electron chi connectivity index (χ3n) is 5.52. The molecule has 6 nitrogen and oxygen atoms in total. The van der Waals surface area contributed by atoms with Crippen LogP contribution in [0.25, 0.3) is 22.3 Å². The Bertz CT molecular complexity index is 994. The quantitative estimate of drug-likeness (QED) is 0.756. The number of nitrogens with zero attached hydrogens (tertiary/aromatic N) is 3. The number of rotatable bonds is 5. The van der Waals surface area contributed by atoms with Gasteiger partial charge in [-0.25, -0.2) is 4.98 Å². The van der Waals surface area contributed by atoms with E-state index in [0.29, 0.717) is 19.0 Å². The van der Waals surface area contributed by atoms with Gasteiger partial charge in [0.15, 0.2) is 0 Å². The highest BCUT2D eigenvalue weighted by Gasteiger charge is 2.30. The number of pyridine rings is 1. The largest absolute Gasteiger partial charge is 0.488 e. The Morgan fingerprint density at radius 1 is 1.26 bits per heavy atom. The highest BCUT2D eigenvalue weighted by atomic mass is 16.5. The molecule has 3 aromatic rings. The Kier molecular flexibility index (Phi) is 3.85. The number of amides is 1. The summed E-state index contributed by atoms with van der Waals surface area (Å²) in [5, 5.41) is 2.90. The van der Waals surface area contributed by atoms with Gasteiger partial charge in [0.05, 0.1) is 17.5 Å². The lowest BCUT2D eigenvalue weighted by atomic mass is 10.0. The average molecular weight is 362 g/mol. The molecule has 1 N–H and O–H groups in total. The topological polar surface area (TPSA) is 69.0 Å². The fraction of sp³-hybridized carbons (Fsp3) is 0.381. The van der Waals surface area contributed by atoms with E-state index in [9.17, 15) is 4.79 Å². The van der Waals surface area contributed by atoms with E-state index in [0.717, 1.165) is 28.0 Å². The van der Waals surface area contributed by atoms with E-state index in [2.05, 4.69) is 32.0 Å². The molecule has 27 heavy (non-hydrogen) atoms.